The van der Waals surface area contributed by atoms with E-state index in [1.54, 1.807) is 6.20 Å². The summed E-state index contributed by atoms with van der Waals surface area (Å²) in [5.41, 5.74) is 0.680. The number of aromatic nitrogens is 1. The third-order valence-corrected chi connectivity index (χ3v) is 4.65. The summed E-state index contributed by atoms with van der Waals surface area (Å²) >= 11 is 3.37. The molecule has 0 spiro atoms. The number of piperidine rings is 1. The van der Waals surface area contributed by atoms with Crippen LogP contribution in [0.5, 0.6) is 0 Å². The number of likely N-dealkylation sites (tertiary alicyclic amines) is 1. The normalized spacial score (nSPS) is 16.9. The third kappa shape index (κ3) is 3.85. The van der Waals surface area contributed by atoms with Gasteiger partial charge >= 0.3 is 0 Å². The lowest BCUT2D eigenvalue weighted by atomic mass is 9.96. The van der Waals surface area contributed by atoms with Gasteiger partial charge in [0.05, 0.1) is 0 Å². The van der Waals surface area contributed by atoms with Crippen LogP contribution in [0.2, 0.25) is 0 Å². The van der Waals surface area contributed by atoms with E-state index in [0.717, 1.165) is 49.4 Å². The molecule has 0 bridgehead atoms. The second-order valence-corrected chi connectivity index (χ2v) is 6.37. The molecule has 0 saturated carbocycles. The maximum atomic E-state index is 12.3. The highest BCUT2D eigenvalue weighted by Crippen LogP contribution is 2.21. The molecular weight excluding hydrogens is 318 g/mol. The molecule has 1 N–H and O–H groups in total. The predicted molar refractivity (Wildman–Crippen MR) is 84.9 cm³/mol. The fourth-order valence-electron chi connectivity index (χ4n) is 2.83. The molecule has 1 saturated heterocycles. The number of hydrogen-bond donors (Lipinski definition) is 1. The molecule has 1 aromatic heterocycles. The molecule has 4 nitrogen and oxygen atoms in total. The molecule has 0 unspecified atom stereocenters. The van der Waals surface area contributed by atoms with E-state index in [-0.39, 0.29) is 5.91 Å². The number of nitrogens with one attached hydrogen (secondary N) is 1. The van der Waals surface area contributed by atoms with E-state index in [2.05, 4.69) is 39.7 Å². The van der Waals surface area contributed by atoms with Gasteiger partial charge in [-0.15, -0.1) is 0 Å². The SMILES string of the molecule is CCN(CC)CC1CCN(C(=O)c2cc(Br)c[nH]2)CC1. The lowest BCUT2D eigenvalue weighted by Crippen LogP contribution is -2.41. The zero-order valence-corrected chi connectivity index (χ0v) is 13.9. The minimum Gasteiger partial charge on any atom is -0.356 e. The number of nitrogens with zero attached hydrogens (tertiary/aromatic N) is 2. The molecular formula is C15H24BrN3O. The van der Waals surface area contributed by atoms with E-state index in [1.165, 1.54) is 6.54 Å². The van der Waals surface area contributed by atoms with Crippen LogP contribution < -0.4 is 0 Å². The Morgan fingerprint density at radius 2 is 2.05 bits per heavy atom. The van der Waals surface area contributed by atoms with Crippen molar-refractivity contribution in [1.82, 2.24) is 14.8 Å². The summed E-state index contributed by atoms with van der Waals surface area (Å²) in [4.78, 5) is 19.8. The lowest BCUT2D eigenvalue weighted by Gasteiger charge is -2.34. The van der Waals surface area contributed by atoms with Crippen LogP contribution in [0.15, 0.2) is 16.7 Å². The van der Waals surface area contributed by atoms with Crippen LogP contribution in [0.25, 0.3) is 0 Å². The van der Waals surface area contributed by atoms with E-state index in [9.17, 15) is 4.79 Å². The van der Waals surface area contributed by atoms with Crippen molar-refractivity contribution in [3.8, 4) is 0 Å². The predicted octanol–water partition coefficient (Wildman–Crippen LogP) is 2.97. The number of aromatic amines is 1. The van der Waals surface area contributed by atoms with Gasteiger partial charge in [0.2, 0.25) is 0 Å². The third-order valence-electron chi connectivity index (χ3n) is 4.19. The molecule has 0 aliphatic carbocycles. The van der Waals surface area contributed by atoms with Crippen molar-refractivity contribution in [1.29, 1.82) is 0 Å². The number of rotatable bonds is 5. The number of carbonyl (C=O) groups excluding carboxylic acids is 1. The number of carbonyl (C=O) groups is 1. The number of halogens is 1. The van der Waals surface area contributed by atoms with Crippen LogP contribution in [0.1, 0.15) is 37.2 Å². The first kappa shape index (κ1) is 15.6. The average Bonchev–Trinajstić information content (AvgIpc) is 2.91. The minimum absolute atomic E-state index is 0.122. The van der Waals surface area contributed by atoms with Gasteiger partial charge in [0, 0.05) is 30.3 Å². The van der Waals surface area contributed by atoms with E-state index in [4.69, 9.17) is 0 Å². The van der Waals surface area contributed by atoms with Gasteiger partial charge in [-0.1, -0.05) is 13.8 Å². The van der Waals surface area contributed by atoms with Crippen molar-refractivity contribution in [2.75, 3.05) is 32.7 Å². The molecule has 0 atom stereocenters. The van der Waals surface area contributed by atoms with E-state index < -0.39 is 0 Å². The monoisotopic (exact) mass is 341 g/mol. The fourth-order valence-corrected chi connectivity index (χ4v) is 3.17. The molecule has 2 heterocycles. The van der Waals surface area contributed by atoms with Gasteiger partial charge < -0.3 is 14.8 Å². The molecule has 112 valence electrons. The summed E-state index contributed by atoms with van der Waals surface area (Å²) in [5.74, 6) is 0.853. The fraction of sp³-hybridized carbons (Fsp3) is 0.667. The van der Waals surface area contributed by atoms with Crippen molar-refractivity contribution in [2.24, 2.45) is 5.92 Å². The standard InChI is InChI=1S/C15H24BrN3O/c1-3-18(4-2)11-12-5-7-19(8-6-12)15(20)14-9-13(16)10-17-14/h9-10,12,17H,3-8,11H2,1-2H3. The zero-order chi connectivity index (χ0) is 14.5. The molecule has 0 radical (unpaired) electrons. The number of hydrogen-bond acceptors (Lipinski definition) is 2. The Labute approximate surface area is 129 Å². The smallest absolute Gasteiger partial charge is 0.270 e. The van der Waals surface area contributed by atoms with Crippen molar-refractivity contribution in [2.45, 2.75) is 26.7 Å². The van der Waals surface area contributed by atoms with Gasteiger partial charge in [-0.25, -0.2) is 0 Å². The van der Waals surface area contributed by atoms with Gasteiger partial charge in [0.25, 0.3) is 5.91 Å². The topological polar surface area (TPSA) is 39.3 Å². The highest BCUT2D eigenvalue weighted by Gasteiger charge is 2.25. The molecule has 0 aromatic carbocycles. The van der Waals surface area contributed by atoms with Gasteiger partial charge in [-0.3, -0.25) is 4.79 Å². The molecule has 2 rings (SSSR count). The number of amides is 1. The molecule has 5 heteroatoms. The summed E-state index contributed by atoms with van der Waals surface area (Å²) in [6.07, 6.45) is 4.04. The van der Waals surface area contributed by atoms with Crippen molar-refractivity contribution < 1.29 is 4.79 Å². The maximum absolute atomic E-state index is 12.3. The molecule has 20 heavy (non-hydrogen) atoms. The first-order valence-electron chi connectivity index (χ1n) is 7.49. The average molecular weight is 342 g/mol. The molecule has 1 amide bonds. The first-order chi connectivity index (χ1) is 9.63. The largest absolute Gasteiger partial charge is 0.356 e. The quantitative estimate of drug-likeness (QED) is 0.894. The molecule has 1 aliphatic rings. The maximum Gasteiger partial charge on any atom is 0.270 e. The zero-order valence-electron chi connectivity index (χ0n) is 12.4. The summed E-state index contributed by atoms with van der Waals surface area (Å²) in [5, 5.41) is 0. The van der Waals surface area contributed by atoms with E-state index in [0.29, 0.717) is 5.69 Å². The minimum atomic E-state index is 0.122. The Hall–Kier alpha value is -0.810. The van der Waals surface area contributed by atoms with Gasteiger partial charge in [-0.2, -0.15) is 0 Å². The summed E-state index contributed by atoms with van der Waals surface area (Å²) in [6, 6.07) is 1.85. The van der Waals surface area contributed by atoms with Gasteiger partial charge in [-0.05, 0) is 53.8 Å². The van der Waals surface area contributed by atoms with Crippen LogP contribution in [0, 0.1) is 5.92 Å². The Balaban J connectivity index is 1.83. The Morgan fingerprint density at radius 3 is 2.55 bits per heavy atom. The highest BCUT2D eigenvalue weighted by atomic mass is 79.9. The van der Waals surface area contributed by atoms with Crippen LogP contribution in [-0.4, -0.2) is 53.4 Å². The Bertz CT molecular complexity index is 434. The molecule has 1 fully saturated rings. The summed E-state index contributed by atoms with van der Waals surface area (Å²) in [6.45, 7) is 9.58. The molecule has 1 aliphatic heterocycles. The second kappa shape index (κ2) is 7.27. The van der Waals surface area contributed by atoms with Gasteiger partial charge in [0.1, 0.15) is 5.69 Å². The number of H-pyrrole nitrogens is 1. The van der Waals surface area contributed by atoms with Crippen molar-refractivity contribution in [3.05, 3.63) is 22.4 Å². The van der Waals surface area contributed by atoms with E-state index in [1.807, 2.05) is 11.0 Å². The summed E-state index contributed by atoms with van der Waals surface area (Å²) in [7, 11) is 0. The van der Waals surface area contributed by atoms with Crippen LogP contribution in [0.4, 0.5) is 0 Å². The van der Waals surface area contributed by atoms with Crippen molar-refractivity contribution in [3.63, 3.8) is 0 Å². The first-order valence-corrected chi connectivity index (χ1v) is 8.28. The Morgan fingerprint density at radius 1 is 1.40 bits per heavy atom. The van der Waals surface area contributed by atoms with Crippen LogP contribution >= 0.6 is 15.9 Å². The van der Waals surface area contributed by atoms with Crippen LogP contribution in [0.3, 0.4) is 0 Å². The van der Waals surface area contributed by atoms with E-state index >= 15 is 0 Å². The van der Waals surface area contributed by atoms with Crippen molar-refractivity contribution >= 4 is 21.8 Å². The highest BCUT2D eigenvalue weighted by molar-refractivity contribution is 9.10. The van der Waals surface area contributed by atoms with Crippen LogP contribution in [-0.2, 0) is 0 Å². The lowest BCUT2D eigenvalue weighted by molar-refractivity contribution is 0.0664. The summed E-state index contributed by atoms with van der Waals surface area (Å²) < 4.78 is 0.928. The second-order valence-electron chi connectivity index (χ2n) is 5.45. The Kier molecular flexibility index (Phi) is 5.66. The molecule has 1 aromatic rings. The van der Waals surface area contributed by atoms with Gasteiger partial charge in [0.15, 0.2) is 0 Å².